The molecule has 0 aromatic heterocycles. The topological polar surface area (TPSA) is 84.7 Å². The van der Waals surface area contributed by atoms with Gasteiger partial charge in [0, 0.05) is 17.9 Å². The zero-order valence-corrected chi connectivity index (χ0v) is 13.0. The molecule has 1 amide bonds. The van der Waals surface area contributed by atoms with Crippen LogP contribution >= 0.6 is 0 Å². The van der Waals surface area contributed by atoms with Gasteiger partial charge in [-0.05, 0) is 31.8 Å². The van der Waals surface area contributed by atoms with Crippen LogP contribution in [-0.4, -0.2) is 49.5 Å². The minimum atomic E-state index is -0.713. The third-order valence-electron chi connectivity index (χ3n) is 3.94. The van der Waals surface area contributed by atoms with Crippen LogP contribution in [-0.2, 0) is 4.79 Å². The molecule has 1 aromatic rings. The van der Waals surface area contributed by atoms with Crippen molar-refractivity contribution in [3.05, 3.63) is 39.9 Å². The monoisotopic (exact) mass is 307 g/mol. The normalized spacial score (nSPS) is 21.3. The van der Waals surface area contributed by atoms with E-state index in [2.05, 4.69) is 5.32 Å². The van der Waals surface area contributed by atoms with E-state index in [4.69, 9.17) is 4.74 Å². The number of hydrogen-bond acceptors (Lipinski definition) is 5. The fourth-order valence-corrected chi connectivity index (χ4v) is 2.47. The summed E-state index contributed by atoms with van der Waals surface area (Å²) in [7, 11) is 5.46. The molecule has 22 heavy (non-hydrogen) atoms. The Morgan fingerprint density at radius 3 is 2.82 bits per heavy atom. The Labute approximate surface area is 129 Å². The number of amides is 1. The van der Waals surface area contributed by atoms with E-state index in [1.165, 1.54) is 0 Å². The lowest BCUT2D eigenvalue weighted by Crippen LogP contribution is -2.36. The lowest BCUT2D eigenvalue weighted by atomic mass is 10.1. The number of methoxy groups -OCH3 is 1. The standard InChI is InChI=1S/C15H21N3O4/c1-17(2)14(10-5-4-6-11(7-10)22-3)9-16-15(19)12-8-13(12)18(20)21/h4-7,12-14H,8-9H2,1-3H3,(H,16,19). The minimum absolute atomic E-state index is 0.0214. The maximum Gasteiger partial charge on any atom is 0.230 e. The van der Waals surface area contributed by atoms with Crippen molar-refractivity contribution in [1.29, 1.82) is 0 Å². The highest BCUT2D eigenvalue weighted by molar-refractivity contribution is 5.82. The van der Waals surface area contributed by atoms with Crippen molar-refractivity contribution >= 4 is 5.91 Å². The van der Waals surface area contributed by atoms with Crippen LogP contribution in [0.5, 0.6) is 5.75 Å². The van der Waals surface area contributed by atoms with Crippen molar-refractivity contribution in [3.63, 3.8) is 0 Å². The van der Waals surface area contributed by atoms with E-state index in [1.54, 1.807) is 7.11 Å². The zero-order chi connectivity index (χ0) is 16.3. The number of benzene rings is 1. The van der Waals surface area contributed by atoms with Gasteiger partial charge in [0.15, 0.2) is 0 Å². The first-order valence-electron chi connectivity index (χ1n) is 7.15. The first kappa shape index (κ1) is 16.2. The summed E-state index contributed by atoms with van der Waals surface area (Å²) in [5.74, 6) is 0.0332. The highest BCUT2D eigenvalue weighted by Gasteiger charge is 2.53. The van der Waals surface area contributed by atoms with Gasteiger partial charge in [0.1, 0.15) is 11.7 Å². The molecule has 7 heteroatoms. The van der Waals surface area contributed by atoms with Crippen LogP contribution in [0.4, 0.5) is 0 Å². The molecule has 0 heterocycles. The van der Waals surface area contributed by atoms with Gasteiger partial charge in [-0.25, -0.2) is 0 Å². The molecule has 3 unspecified atom stereocenters. The van der Waals surface area contributed by atoms with Crippen molar-refractivity contribution in [2.24, 2.45) is 5.92 Å². The van der Waals surface area contributed by atoms with Crippen molar-refractivity contribution in [2.45, 2.75) is 18.5 Å². The molecule has 1 N–H and O–H groups in total. The van der Waals surface area contributed by atoms with Gasteiger partial charge in [-0.3, -0.25) is 14.9 Å². The summed E-state index contributed by atoms with van der Waals surface area (Å²) in [4.78, 5) is 24.2. The van der Waals surface area contributed by atoms with E-state index in [0.29, 0.717) is 13.0 Å². The summed E-state index contributed by atoms with van der Waals surface area (Å²) in [6.07, 6.45) is 0.338. The van der Waals surface area contributed by atoms with E-state index in [9.17, 15) is 14.9 Å². The van der Waals surface area contributed by atoms with Crippen molar-refractivity contribution in [1.82, 2.24) is 10.2 Å². The summed E-state index contributed by atoms with van der Waals surface area (Å²) in [5.41, 5.74) is 1.02. The molecule has 2 rings (SSSR count). The summed E-state index contributed by atoms with van der Waals surface area (Å²) < 4.78 is 5.22. The number of hydrogen-bond donors (Lipinski definition) is 1. The third kappa shape index (κ3) is 3.73. The third-order valence-corrected chi connectivity index (χ3v) is 3.94. The fraction of sp³-hybridized carbons (Fsp3) is 0.533. The van der Waals surface area contributed by atoms with Gasteiger partial charge in [-0.1, -0.05) is 12.1 Å². The van der Waals surface area contributed by atoms with Crippen molar-refractivity contribution in [2.75, 3.05) is 27.7 Å². The average molecular weight is 307 g/mol. The quantitative estimate of drug-likeness (QED) is 0.602. The lowest BCUT2D eigenvalue weighted by Gasteiger charge is -2.25. The first-order valence-corrected chi connectivity index (χ1v) is 7.15. The molecule has 0 radical (unpaired) electrons. The number of carbonyl (C=O) groups excluding carboxylic acids is 1. The van der Waals surface area contributed by atoms with Crippen LogP contribution in [0.2, 0.25) is 0 Å². The van der Waals surface area contributed by atoms with Gasteiger partial charge < -0.3 is 15.0 Å². The Kier molecular flexibility index (Phi) is 4.97. The van der Waals surface area contributed by atoms with E-state index >= 15 is 0 Å². The van der Waals surface area contributed by atoms with Gasteiger partial charge in [-0.15, -0.1) is 0 Å². The highest BCUT2D eigenvalue weighted by atomic mass is 16.6. The second kappa shape index (κ2) is 6.74. The van der Waals surface area contributed by atoms with Gasteiger partial charge in [0.25, 0.3) is 0 Å². The average Bonchev–Trinajstić information content (AvgIpc) is 3.28. The Bertz CT molecular complexity index is 561. The van der Waals surface area contributed by atoms with Crippen LogP contribution in [0.15, 0.2) is 24.3 Å². The molecule has 7 nitrogen and oxygen atoms in total. The summed E-state index contributed by atoms with van der Waals surface area (Å²) in [6.45, 7) is 0.403. The Balaban J connectivity index is 1.98. The molecule has 1 fully saturated rings. The molecule has 0 bridgehead atoms. The summed E-state index contributed by atoms with van der Waals surface area (Å²) >= 11 is 0. The predicted molar refractivity (Wildman–Crippen MR) is 81.3 cm³/mol. The van der Waals surface area contributed by atoms with Crippen LogP contribution < -0.4 is 10.1 Å². The number of nitrogens with zero attached hydrogens (tertiary/aromatic N) is 2. The number of likely N-dealkylation sites (N-methyl/N-ethyl adjacent to an activating group) is 1. The van der Waals surface area contributed by atoms with Gasteiger partial charge in [0.2, 0.25) is 11.9 Å². The van der Waals surface area contributed by atoms with Crippen LogP contribution in [0, 0.1) is 16.0 Å². The molecular formula is C15H21N3O4. The van der Waals surface area contributed by atoms with E-state index in [1.807, 2.05) is 43.3 Å². The Morgan fingerprint density at radius 1 is 1.55 bits per heavy atom. The van der Waals surface area contributed by atoms with Crippen LogP contribution in [0.3, 0.4) is 0 Å². The molecule has 0 saturated heterocycles. The molecule has 1 saturated carbocycles. The maximum absolute atomic E-state index is 11.9. The second-order valence-electron chi connectivity index (χ2n) is 5.70. The SMILES string of the molecule is COc1cccc(C(CNC(=O)C2CC2[N+](=O)[O-])N(C)C)c1. The smallest absolute Gasteiger partial charge is 0.230 e. The summed E-state index contributed by atoms with van der Waals surface area (Å²) in [5, 5.41) is 13.4. The highest BCUT2D eigenvalue weighted by Crippen LogP contribution is 2.33. The second-order valence-corrected chi connectivity index (χ2v) is 5.70. The number of rotatable bonds is 7. The predicted octanol–water partition coefficient (Wildman–Crippen LogP) is 1.08. The molecule has 1 aromatic carbocycles. The van der Waals surface area contributed by atoms with Gasteiger partial charge in [0.05, 0.1) is 13.2 Å². The van der Waals surface area contributed by atoms with Crippen molar-refractivity contribution < 1.29 is 14.5 Å². The molecule has 1 aliphatic rings. The largest absolute Gasteiger partial charge is 0.497 e. The summed E-state index contributed by atoms with van der Waals surface area (Å²) in [6, 6.07) is 6.92. The van der Waals surface area contributed by atoms with E-state index in [0.717, 1.165) is 11.3 Å². The number of nitrogens with one attached hydrogen (secondary N) is 1. The number of carbonyl (C=O) groups is 1. The minimum Gasteiger partial charge on any atom is -0.497 e. The van der Waals surface area contributed by atoms with Gasteiger partial charge in [-0.2, -0.15) is 0 Å². The Morgan fingerprint density at radius 2 is 2.27 bits per heavy atom. The number of nitro groups is 1. The molecule has 0 aliphatic heterocycles. The molecular weight excluding hydrogens is 286 g/mol. The number of ether oxygens (including phenoxy) is 1. The molecule has 3 atom stereocenters. The molecule has 0 spiro atoms. The first-order chi connectivity index (χ1) is 10.4. The zero-order valence-electron chi connectivity index (χ0n) is 13.0. The van der Waals surface area contributed by atoms with Crippen molar-refractivity contribution in [3.8, 4) is 5.75 Å². The molecule has 120 valence electrons. The van der Waals surface area contributed by atoms with Gasteiger partial charge >= 0.3 is 0 Å². The van der Waals surface area contributed by atoms with Crippen LogP contribution in [0.25, 0.3) is 0 Å². The molecule has 1 aliphatic carbocycles. The van der Waals surface area contributed by atoms with E-state index < -0.39 is 12.0 Å². The van der Waals surface area contributed by atoms with E-state index in [-0.39, 0.29) is 16.9 Å². The lowest BCUT2D eigenvalue weighted by molar-refractivity contribution is -0.497. The fourth-order valence-electron chi connectivity index (χ4n) is 2.47. The Hall–Kier alpha value is -2.15. The maximum atomic E-state index is 11.9. The van der Waals surface area contributed by atoms with Crippen LogP contribution in [0.1, 0.15) is 18.0 Å².